The molecule has 1 aliphatic rings. The van der Waals surface area contributed by atoms with Crippen molar-refractivity contribution >= 4 is 21.7 Å². The van der Waals surface area contributed by atoms with Crippen LogP contribution in [0.4, 0.5) is 16.0 Å². The van der Waals surface area contributed by atoms with Crippen LogP contribution in [0.1, 0.15) is 24.2 Å². The van der Waals surface area contributed by atoms with E-state index in [-0.39, 0.29) is 10.7 Å². The first-order valence-electron chi connectivity index (χ1n) is 12.9. The zero-order chi connectivity index (χ0) is 27.4. The first-order chi connectivity index (χ1) is 18.8. The maximum absolute atomic E-state index is 13.3. The maximum Gasteiger partial charge on any atom is 0.243 e. The van der Waals surface area contributed by atoms with E-state index in [1.54, 1.807) is 53.0 Å². The van der Waals surface area contributed by atoms with Crippen molar-refractivity contribution in [3.8, 4) is 11.3 Å². The molecule has 10 heteroatoms. The summed E-state index contributed by atoms with van der Waals surface area (Å²) in [5.41, 5.74) is 4.10. The van der Waals surface area contributed by atoms with Crippen LogP contribution in [0.5, 0.6) is 0 Å². The number of aryl methyl sites for hydroxylation is 1. The molecule has 0 atom stereocenters. The summed E-state index contributed by atoms with van der Waals surface area (Å²) in [5, 5.41) is 3.11. The molecule has 0 radical (unpaired) electrons. The van der Waals surface area contributed by atoms with Crippen LogP contribution in [0.3, 0.4) is 0 Å². The van der Waals surface area contributed by atoms with E-state index >= 15 is 0 Å². The number of piperidine rings is 1. The van der Waals surface area contributed by atoms with Crippen LogP contribution in [0.2, 0.25) is 0 Å². The maximum atomic E-state index is 13.3. The minimum atomic E-state index is -3.60. The molecule has 0 amide bonds. The second-order valence-electron chi connectivity index (χ2n) is 9.74. The van der Waals surface area contributed by atoms with Crippen LogP contribution >= 0.6 is 0 Å². The Balaban J connectivity index is 1.19. The summed E-state index contributed by atoms with van der Waals surface area (Å²) in [4.78, 5) is 15.8. The van der Waals surface area contributed by atoms with E-state index < -0.39 is 10.0 Å². The highest BCUT2D eigenvalue weighted by Gasteiger charge is 2.31. The van der Waals surface area contributed by atoms with Gasteiger partial charge >= 0.3 is 0 Å². The number of nitrogens with one attached hydrogen (secondary N) is 1. The molecule has 1 N–H and O–H groups in total. The van der Waals surface area contributed by atoms with Crippen LogP contribution in [-0.2, 0) is 16.6 Å². The lowest BCUT2D eigenvalue weighted by atomic mass is 10.1. The van der Waals surface area contributed by atoms with Gasteiger partial charge in [-0.05, 0) is 93.5 Å². The second kappa shape index (κ2) is 11.6. The minimum Gasteiger partial charge on any atom is -0.324 e. The Morgan fingerprint density at radius 2 is 1.69 bits per heavy atom. The van der Waals surface area contributed by atoms with Gasteiger partial charge in [0.25, 0.3) is 0 Å². The first-order valence-corrected chi connectivity index (χ1v) is 14.3. The molecule has 1 aliphatic heterocycles. The molecular weight excluding hydrogens is 515 g/mol. The first kappa shape index (κ1) is 26.9. The van der Waals surface area contributed by atoms with Gasteiger partial charge in [-0.2, -0.15) is 4.31 Å². The van der Waals surface area contributed by atoms with Gasteiger partial charge in [0.2, 0.25) is 16.0 Å². The molecule has 0 aliphatic carbocycles. The normalized spacial score (nSPS) is 15.0. The predicted molar refractivity (Wildman–Crippen MR) is 149 cm³/mol. The molecule has 0 saturated carbocycles. The number of rotatable bonds is 8. The highest BCUT2D eigenvalue weighted by molar-refractivity contribution is 7.89. The molecule has 39 heavy (non-hydrogen) atoms. The smallest absolute Gasteiger partial charge is 0.243 e. The Bertz CT molecular complexity index is 1520. The summed E-state index contributed by atoms with van der Waals surface area (Å²) in [5.74, 6) is 0.0491. The van der Waals surface area contributed by atoms with Crippen molar-refractivity contribution in [2.45, 2.75) is 37.2 Å². The van der Waals surface area contributed by atoms with Crippen molar-refractivity contribution in [3.63, 3.8) is 0 Å². The lowest BCUT2D eigenvalue weighted by Crippen LogP contribution is -2.45. The molecule has 5 rings (SSSR count). The van der Waals surface area contributed by atoms with Crippen LogP contribution in [-0.4, -0.2) is 58.8 Å². The largest absolute Gasteiger partial charge is 0.324 e. The number of hydrogen-bond donors (Lipinski definition) is 1. The average Bonchev–Trinajstić information content (AvgIpc) is 2.94. The summed E-state index contributed by atoms with van der Waals surface area (Å²) in [7, 11) is -1.53. The number of benzene rings is 2. The summed E-state index contributed by atoms with van der Waals surface area (Å²) in [6, 6.07) is 20.8. The van der Waals surface area contributed by atoms with E-state index in [0.29, 0.717) is 36.5 Å². The van der Waals surface area contributed by atoms with Gasteiger partial charge in [-0.1, -0.05) is 6.07 Å². The van der Waals surface area contributed by atoms with Crippen molar-refractivity contribution in [3.05, 3.63) is 96.2 Å². The number of halogens is 1. The van der Waals surface area contributed by atoms with Crippen LogP contribution in [0, 0.1) is 12.7 Å². The van der Waals surface area contributed by atoms with Gasteiger partial charge in [0.15, 0.2) is 0 Å². The van der Waals surface area contributed by atoms with Crippen LogP contribution in [0.15, 0.2) is 83.9 Å². The van der Waals surface area contributed by atoms with E-state index in [0.717, 1.165) is 36.3 Å². The molecule has 202 valence electrons. The molecule has 0 bridgehead atoms. The molecular formula is C29H31FN6O2S. The van der Waals surface area contributed by atoms with E-state index in [1.807, 2.05) is 25.1 Å². The lowest BCUT2D eigenvalue weighted by Gasteiger charge is -2.36. The number of nitrogens with zero attached hydrogens (tertiary/aromatic N) is 5. The third kappa shape index (κ3) is 6.47. The SMILES string of the molecule is Cc1cccc(CN(C)C2CCN(S(=O)(=O)c3ccc(Nc4nccc(-c5ccc(F)cc5)n4)cc3)CC2)n1. The molecule has 0 unspecified atom stereocenters. The monoisotopic (exact) mass is 546 g/mol. The molecule has 1 saturated heterocycles. The molecule has 8 nitrogen and oxygen atoms in total. The molecule has 0 spiro atoms. The van der Waals surface area contributed by atoms with Crippen molar-refractivity contribution in [2.75, 3.05) is 25.5 Å². The van der Waals surface area contributed by atoms with Gasteiger partial charge in [-0.25, -0.2) is 22.8 Å². The number of aromatic nitrogens is 3. The third-order valence-corrected chi connectivity index (χ3v) is 8.86. The number of anilines is 2. The fourth-order valence-electron chi connectivity index (χ4n) is 4.78. The van der Waals surface area contributed by atoms with E-state index in [1.165, 1.54) is 12.1 Å². The number of sulfonamides is 1. The standard InChI is InChI=1S/C29H31FN6O2S/c1-21-4-3-5-25(32-21)20-35(2)26-15-18-36(19-16-26)39(37,38)27-12-10-24(11-13-27)33-29-31-17-14-28(34-29)22-6-8-23(30)9-7-22/h3-14,17,26H,15-16,18-20H2,1-2H3,(H,31,33,34). The van der Waals surface area contributed by atoms with Gasteiger partial charge in [0, 0.05) is 48.8 Å². The zero-order valence-electron chi connectivity index (χ0n) is 22.0. The van der Waals surface area contributed by atoms with E-state index in [9.17, 15) is 12.8 Å². The van der Waals surface area contributed by atoms with Crippen molar-refractivity contribution in [1.82, 2.24) is 24.2 Å². The highest BCUT2D eigenvalue weighted by Crippen LogP contribution is 2.25. The van der Waals surface area contributed by atoms with E-state index in [2.05, 4.69) is 32.2 Å². The fraction of sp³-hybridized carbons (Fsp3) is 0.276. The van der Waals surface area contributed by atoms with Gasteiger partial charge < -0.3 is 5.32 Å². The summed E-state index contributed by atoms with van der Waals surface area (Å²) >= 11 is 0. The fourth-order valence-corrected chi connectivity index (χ4v) is 6.25. The second-order valence-corrected chi connectivity index (χ2v) is 11.7. The third-order valence-electron chi connectivity index (χ3n) is 6.95. The van der Waals surface area contributed by atoms with Crippen LogP contribution in [0.25, 0.3) is 11.3 Å². The summed E-state index contributed by atoms with van der Waals surface area (Å²) < 4.78 is 41.4. The molecule has 2 aromatic carbocycles. The lowest BCUT2D eigenvalue weighted by molar-refractivity contribution is 0.161. The summed E-state index contributed by atoms with van der Waals surface area (Å²) in [6.45, 7) is 3.67. The Morgan fingerprint density at radius 1 is 0.974 bits per heavy atom. The highest BCUT2D eigenvalue weighted by atomic mass is 32.2. The van der Waals surface area contributed by atoms with Crippen molar-refractivity contribution in [2.24, 2.45) is 0 Å². The molecule has 2 aromatic heterocycles. The Hall–Kier alpha value is -3.73. The molecule has 4 aromatic rings. The predicted octanol–water partition coefficient (Wildman–Crippen LogP) is 5.01. The van der Waals surface area contributed by atoms with Crippen molar-refractivity contribution < 1.29 is 12.8 Å². The van der Waals surface area contributed by atoms with Crippen LogP contribution < -0.4 is 5.32 Å². The number of hydrogen-bond acceptors (Lipinski definition) is 7. The van der Waals surface area contributed by atoms with Gasteiger partial charge in [-0.3, -0.25) is 9.88 Å². The topological polar surface area (TPSA) is 91.3 Å². The minimum absolute atomic E-state index is 0.254. The zero-order valence-corrected chi connectivity index (χ0v) is 22.8. The molecule has 3 heterocycles. The summed E-state index contributed by atoms with van der Waals surface area (Å²) in [6.07, 6.45) is 3.15. The quantitative estimate of drug-likeness (QED) is 0.332. The Labute approximate surface area is 228 Å². The van der Waals surface area contributed by atoms with Crippen molar-refractivity contribution in [1.29, 1.82) is 0 Å². The van der Waals surface area contributed by atoms with E-state index in [4.69, 9.17) is 0 Å². The van der Waals surface area contributed by atoms with Gasteiger partial charge in [0.1, 0.15) is 5.82 Å². The molecule has 1 fully saturated rings. The van der Waals surface area contributed by atoms with Gasteiger partial charge in [-0.15, -0.1) is 0 Å². The number of pyridine rings is 1. The Morgan fingerprint density at radius 3 is 2.38 bits per heavy atom. The van der Waals surface area contributed by atoms with Gasteiger partial charge in [0.05, 0.1) is 16.3 Å². The average molecular weight is 547 g/mol. The Kier molecular flexibility index (Phi) is 7.97.